The number of nitrogens with one attached hydrogen (secondary N) is 2. The monoisotopic (exact) mass is 389 g/mol. The van der Waals surface area contributed by atoms with Gasteiger partial charge in [0.2, 0.25) is 5.91 Å². The Labute approximate surface area is 167 Å². The van der Waals surface area contributed by atoms with E-state index in [1.165, 1.54) is 18.3 Å². The summed E-state index contributed by atoms with van der Waals surface area (Å²) >= 11 is 0. The maximum Gasteiger partial charge on any atom is 0.253 e. The molecule has 0 fully saturated rings. The molecule has 3 aromatic rings. The number of benzene rings is 2. The van der Waals surface area contributed by atoms with Gasteiger partial charge in [0.05, 0.1) is 0 Å². The lowest BCUT2D eigenvalue weighted by Gasteiger charge is -2.24. The zero-order valence-electron chi connectivity index (χ0n) is 15.9. The summed E-state index contributed by atoms with van der Waals surface area (Å²) in [7, 11) is 0. The molecule has 0 aliphatic carbocycles. The molecule has 0 bridgehead atoms. The first-order valence-electron chi connectivity index (χ1n) is 9.31. The van der Waals surface area contributed by atoms with Crippen molar-refractivity contribution in [3.63, 3.8) is 0 Å². The number of carbonyl (C=O) groups excluding carboxylic acids is 2. The summed E-state index contributed by atoms with van der Waals surface area (Å²) in [6.07, 6.45) is 5.36. The van der Waals surface area contributed by atoms with Crippen LogP contribution < -0.4 is 10.6 Å². The fourth-order valence-corrected chi connectivity index (χ4v) is 3.46. The van der Waals surface area contributed by atoms with E-state index in [0.717, 1.165) is 11.3 Å². The van der Waals surface area contributed by atoms with E-state index in [-0.39, 0.29) is 18.2 Å². The van der Waals surface area contributed by atoms with Gasteiger partial charge in [-0.2, -0.15) is 0 Å². The zero-order valence-corrected chi connectivity index (χ0v) is 15.9. The molecule has 1 unspecified atom stereocenters. The summed E-state index contributed by atoms with van der Waals surface area (Å²) in [6.45, 7) is 1.91. The van der Waals surface area contributed by atoms with E-state index in [1.807, 2.05) is 54.2 Å². The third-order valence-electron chi connectivity index (χ3n) is 5.04. The number of aromatic nitrogens is 1. The summed E-state index contributed by atoms with van der Waals surface area (Å²) in [4.78, 5) is 25.0. The van der Waals surface area contributed by atoms with Crippen LogP contribution in [0.2, 0.25) is 0 Å². The molecule has 2 heterocycles. The minimum atomic E-state index is -0.507. The third kappa shape index (κ3) is 3.96. The van der Waals surface area contributed by atoms with Gasteiger partial charge in [-0.25, -0.2) is 4.39 Å². The van der Waals surface area contributed by atoms with Crippen LogP contribution >= 0.6 is 0 Å². The Balaban J connectivity index is 1.63. The van der Waals surface area contributed by atoms with Gasteiger partial charge < -0.3 is 15.2 Å². The van der Waals surface area contributed by atoms with Crippen molar-refractivity contribution >= 4 is 17.5 Å². The van der Waals surface area contributed by atoms with Gasteiger partial charge in [0.25, 0.3) is 5.91 Å². The molecule has 0 saturated carbocycles. The van der Waals surface area contributed by atoms with Crippen LogP contribution in [0.1, 0.15) is 23.5 Å². The highest BCUT2D eigenvalue weighted by Gasteiger charge is 2.29. The van der Waals surface area contributed by atoms with Crippen LogP contribution in [0.5, 0.6) is 0 Å². The maximum atomic E-state index is 13.7. The van der Waals surface area contributed by atoms with Gasteiger partial charge in [0, 0.05) is 47.9 Å². The van der Waals surface area contributed by atoms with E-state index < -0.39 is 11.7 Å². The number of nitrogens with zero attached hydrogens (tertiary/aromatic N) is 1. The lowest BCUT2D eigenvalue weighted by molar-refractivity contribution is -0.121. The lowest BCUT2D eigenvalue weighted by Crippen LogP contribution is -2.32. The summed E-state index contributed by atoms with van der Waals surface area (Å²) in [5, 5.41) is 5.55. The predicted octanol–water partition coefficient (Wildman–Crippen LogP) is 4.05. The van der Waals surface area contributed by atoms with Gasteiger partial charge >= 0.3 is 0 Å². The van der Waals surface area contributed by atoms with Crippen LogP contribution in [-0.2, 0) is 9.59 Å². The summed E-state index contributed by atoms with van der Waals surface area (Å²) in [5.74, 6) is -1.44. The van der Waals surface area contributed by atoms with E-state index in [1.54, 1.807) is 12.1 Å². The first-order valence-corrected chi connectivity index (χ1v) is 9.31. The second kappa shape index (κ2) is 7.75. The maximum absolute atomic E-state index is 13.7. The SMILES string of the molecule is Cc1ccc(-n2cccc2)cc1NC(=O)C1=CNC(=O)CC1c1cccc(F)c1. The number of hydrogen-bond donors (Lipinski definition) is 2. The molecule has 6 heteroatoms. The van der Waals surface area contributed by atoms with Crippen LogP contribution in [0.15, 0.2) is 78.8 Å². The number of aryl methyl sites for hydroxylation is 1. The summed E-state index contributed by atoms with van der Waals surface area (Å²) in [6, 6.07) is 15.7. The Morgan fingerprint density at radius 1 is 1.14 bits per heavy atom. The van der Waals surface area contributed by atoms with Crippen LogP contribution in [0.25, 0.3) is 5.69 Å². The predicted molar refractivity (Wildman–Crippen MR) is 109 cm³/mol. The van der Waals surface area contributed by atoms with E-state index in [9.17, 15) is 14.0 Å². The average molecular weight is 389 g/mol. The topological polar surface area (TPSA) is 63.1 Å². The highest BCUT2D eigenvalue weighted by Crippen LogP contribution is 2.32. The Morgan fingerprint density at radius 2 is 1.93 bits per heavy atom. The van der Waals surface area contributed by atoms with Crippen LogP contribution in [-0.4, -0.2) is 16.4 Å². The van der Waals surface area contributed by atoms with E-state index in [4.69, 9.17) is 0 Å². The Kier molecular flexibility index (Phi) is 4.99. The third-order valence-corrected chi connectivity index (χ3v) is 5.04. The van der Waals surface area contributed by atoms with Gasteiger partial charge in [-0.3, -0.25) is 9.59 Å². The molecule has 1 aliphatic rings. The molecular weight excluding hydrogens is 369 g/mol. The summed E-state index contributed by atoms with van der Waals surface area (Å²) in [5.41, 5.74) is 3.50. The number of halogens is 1. The molecule has 0 spiro atoms. The number of anilines is 1. The number of hydrogen-bond acceptors (Lipinski definition) is 2. The molecule has 4 rings (SSSR count). The minimum Gasteiger partial charge on any atom is -0.332 e. The Bertz CT molecular complexity index is 1100. The van der Waals surface area contributed by atoms with Crippen molar-refractivity contribution in [1.82, 2.24) is 9.88 Å². The van der Waals surface area contributed by atoms with Gasteiger partial charge in [-0.05, 0) is 54.4 Å². The van der Waals surface area contributed by atoms with E-state index >= 15 is 0 Å². The van der Waals surface area contributed by atoms with Gasteiger partial charge in [0.1, 0.15) is 5.82 Å². The molecule has 1 aliphatic heterocycles. The van der Waals surface area contributed by atoms with Crippen LogP contribution in [0.3, 0.4) is 0 Å². The van der Waals surface area contributed by atoms with E-state index in [2.05, 4.69) is 10.6 Å². The van der Waals surface area contributed by atoms with Crippen molar-refractivity contribution in [3.05, 3.63) is 95.7 Å². The second-order valence-corrected chi connectivity index (χ2v) is 7.02. The van der Waals surface area contributed by atoms with Gasteiger partial charge in [-0.1, -0.05) is 18.2 Å². The largest absolute Gasteiger partial charge is 0.332 e. The Morgan fingerprint density at radius 3 is 2.69 bits per heavy atom. The molecular formula is C23H20FN3O2. The van der Waals surface area contributed by atoms with Crippen molar-refractivity contribution in [2.24, 2.45) is 0 Å². The zero-order chi connectivity index (χ0) is 20.4. The Hall–Kier alpha value is -3.67. The number of carbonyl (C=O) groups is 2. The smallest absolute Gasteiger partial charge is 0.253 e. The first kappa shape index (κ1) is 18.7. The van der Waals surface area contributed by atoms with Gasteiger partial charge in [-0.15, -0.1) is 0 Å². The number of rotatable bonds is 4. The standard InChI is InChI=1S/C23H20FN3O2/c1-15-7-8-18(27-9-2-3-10-27)12-21(15)26-23(29)20-14-25-22(28)13-19(20)16-5-4-6-17(24)11-16/h2-12,14,19H,13H2,1H3,(H,25,28)(H,26,29). The molecule has 146 valence electrons. The van der Waals surface area contributed by atoms with Crippen LogP contribution in [0.4, 0.5) is 10.1 Å². The summed E-state index contributed by atoms with van der Waals surface area (Å²) < 4.78 is 15.7. The van der Waals surface area contributed by atoms with Crippen molar-refractivity contribution < 1.29 is 14.0 Å². The highest BCUT2D eigenvalue weighted by atomic mass is 19.1. The van der Waals surface area contributed by atoms with Crippen molar-refractivity contribution in [3.8, 4) is 5.69 Å². The van der Waals surface area contributed by atoms with Crippen molar-refractivity contribution in [2.45, 2.75) is 19.3 Å². The van der Waals surface area contributed by atoms with Crippen LogP contribution in [0, 0.1) is 12.7 Å². The highest BCUT2D eigenvalue weighted by molar-refractivity contribution is 6.06. The van der Waals surface area contributed by atoms with E-state index in [0.29, 0.717) is 16.8 Å². The number of amides is 2. The molecule has 1 aromatic heterocycles. The van der Waals surface area contributed by atoms with Gasteiger partial charge in [0.15, 0.2) is 0 Å². The van der Waals surface area contributed by atoms with Crippen molar-refractivity contribution in [1.29, 1.82) is 0 Å². The quantitative estimate of drug-likeness (QED) is 0.707. The molecule has 1 atom stereocenters. The van der Waals surface area contributed by atoms with Crippen molar-refractivity contribution in [2.75, 3.05) is 5.32 Å². The average Bonchev–Trinajstić information content (AvgIpc) is 3.24. The molecule has 2 amide bonds. The molecule has 29 heavy (non-hydrogen) atoms. The normalized spacial score (nSPS) is 16.1. The lowest BCUT2D eigenvalue weighted by atomic mass is 9.86. The second-order valence-electron chi connectivity index (χ2n) is 7.02. The molecule has 2 aromatic carbocycles. The molecule has 5 nitrogen and oxygen atoms in total. The fraction of sp³-hybridized carbons (Fsp3) is 0.130. The first-order chi connectivity index (χ1) is 14.0. The minimum absolute atomic E-state index is 0.0884. The molecule has 0 saturated heterocycles. The molecule has 2 N–H and O–H groups in total. The molecule has 0 radical (unpaired) electrons. The fourth-order valence-electron chi connectivity index (χ4n) is 3.46.